The molecule has 33 heavy (non-hydrogen) atoms. The van der Waals surface area contributed by atoms with Crippen LogP contribution in [0.4, 0.5) is 13.6 Å². The lowest BCUT2D eigenvalue weighted by molar-refractivity contribution is -0.151. The summed E-state index contributed by atoms with van der Waals surface area (Å²) in [6, 6.07) is 3.91. The number of amides is 5. The van der Waals surface area contributed by atoms with E-state index in [9.17, 15) is 32.8 Å². The molecule has 1 aromatic carbocycles. The minimum Gasteiger partial charge on any atom is -0.454 e. The maximum Gasteiger partial charge on any atom is 0.387 e. The molecule has 1 saturated heterocycles. The van der Waals surface area contributed by atoms with Crippen LogP contribution in [0, 0.1) is 5.92 Å². The lowest BCUT2D eigenvalue weighted by Gasteiger charge is -2.36. The van der Waals surface area contributed by atoms with Crippen LogP contribution in [-0.4, -0.2) is 59.9 Å². The number of imide groups is 2. The molecule has 0 aromatic heterocycles. The highest BCUT2D eigenvalue weighted by atomic mass is 19.3. The second kappa shape index (κ2) is 9.92. The van der Waals surface area contributed by atoms with Crippen molar-refractivity contribution >= 4 is 29.7 Å². The average molecular weight is 467 g/mol. The van der Waals surface area contributed by atoms with E-state index in [4.69, 9.17) is 4.74 Å². The molecule has 2 aliphatic rings. The monoisotopic (exact) mass is 467 g/mol. The third kappa shape index (κ3) is 5.44. The van der Waals surface area contributed by atoms with Crippen LogP contribution in [0.2, 0.25) is 0 Å². The second-order valence-corrected chi connectivity index (χ2v) is 7.88. The molecule has 12 heteroatoms. The van der Waals surface area contributed by atoms with Crippen LogP contribution in [0.3, 0.4) is 0 Å². The molecule has 3 rings (SSSR count). The van der Waals surface area contributed by atoms with Gasteiger partial charge in [0, 0.05) is 5.56 Å². The lowest BCUT2D eigenvalue weighted by Crippen LogP contribution is -2.54. The zero-order valence-corrected chi connectivity index (χ0v) is 17.8. The van der Waals surface area contributed by atoms with Crippen LogP contribution in [0.25, 0.3) is 0 Å². The van der Waals surface area contributed by atoms with Crippen LogP contribution < -0.4 is 15.4 Å². The van der Waals surface area contributed by atoms with Gasteiger partial charge in [-0.3, -0.25) is 29.4 Å². The fourth-order valence-corrected chi connectivity index (χ4v) is 3.98. The summed E-state index contributed by atoms with van der Waals surface area (Å²) in [5.74, 6) is -3.51. The molecular formula is C21H23F2N3O7. The molecule has 178 valence electrons. The summed E-state index contributed by atoms with van der Waals surface area (Å²) in [4.78, 5) is 61.9. The van der Waals surface area contributed by atoms with Crippen molar-refractivity contribution in [3.63, 3.8) is 0 Å². The molecule has 10 nitrogen and oxygen atoms in total. The number of nitrogens with zero attached hydrogens (tertiary/aromatic N) is 1. The number of alkyl halides is 2. The number of carbonyl (C=O) groups excluding carboxylic acids is 5. The van der Waals surface area contributed by atoms with Gasteiger partial charge in [-0.25, -0.2) is 4.79 Å². The van der Waals surface area contributed by atoms with E-state index in [1.807, 2.05) is 12.2 Å². The number of ether oxygens (including phenoxy) is 2. The predicted octanol–water partition coefficient (Wildman–Crippen LogP) is 1.59. The fraction of sp³-hybridized carbons (Fsp3) is 0.476. The summed E-state index contributed by atoms with van der Waals surface area (Å²) in [6.07, 6.45) is 3.00. The van der Waals surface area contributed by atoms with E-state index in [0.29, 0.717) is 6.42 Å². The molecule has 0 bridgehead atoms. The number of benzene rings is 1. The number of carbonyl (C=O) groups is 5. The molecular weight excluding hydrogens is 444 g/mol. The van der Waals surface area contributed by atoms with Gasteiger partial charge in [-0.2, -0.15) is 8.78 Å². The Hall–Kier alpha value is -3.57. The van der Waals surface area contributed by atoms with Crippen molar-refractivity contribution in [2.75, 3.05) is 13.2 Å². The zero-order chi connectivity index (χ0) is 24.2. The van der Waals surface area contributed by atoms with Crippen LogP contribution >= 0.6 is 0 Å². The van der Waals surface area contributed by atoms with Crippen molar-refractivity contribution in [1.82, 2.24) is 15.5 Å². The normalized spacial score (nSPS) is 22.3. The molecule has 2 N–H and O–H groups in total. The highest BCUT2D eigenvalue weighted by Gasteiger charge is 2.55. The van der Waals surface area contributed by atoms with Gasteiger partial charge in [0.1, 0.15) is 17.8 Å². The summed E-state index contributed by atoms with van der Waals surface area (Å²) < 4.78 is 33.2. The number of esters is 1. The largest absolute Gasteiger partial charge is 0.454 e. The Kier molecular flexibility index (Phi) is 7.24. The van der Waals surface area contributed by atoms with Gasteiger partial charge in [-0.05, 0) is 43.0 Å². The van der Waals surface area contributed by atoms with Gasteiger partial charge in [0.2, 0.25) is 0 Å². The highest BCUT2D eigenvalue weighted by molar-refractivity contribution is 6.09. The summed E-state index contributed by atoms with van der Waals surface area (Å²) >= 11 is 0. The van der Waals surface area contributed by atoms with E-state index in [2.05, 4.69) is 10.1 Å². The molecule has 1 aliphatic carbocycles. The first-order valence-electron chi connectivity index (χ1n) is 10.3. The van der Waals surface area contributed by atoms with Crippen LogP contribution in [0.15, 0.2) is 24.3 Å². The van der Waals surface area contributed by atoms with Crippen molar-refractivity contribution in [2.45, 2.75) is 44.8 Å². The Morgan fingerprint density at radius 1 is 1.21 bits per heavy atom. The van der Waals surface area contributed by atoms with Crippen LogP contribution in [0.1, 0.15) is 43.0 Å². The van der Waals surface area contributed by atoms with Gasteiger partial charge >= 0.3 is 18.6 Å². The SMILES string of the molecule is CC1CCCCC12NC(=O)N(CC(=O)OCC(=O)NC(=O)c1ccc(OC(F)F)cc1)C2=O. The third-order valence-corrected chi connectivity index (χ3v) is 5.75. The van der Waals surface area contributed by atoms with Gasteiger partial charge in [-0.1, -0.05) is 19.8 Å². The first-order chi connectivity index (χ1) is 15.6. The topological polar surface area (TPSA) is 131 Å². The first-order valence-corrected chi connectivity index (χ1v) is 10.3. The average Bonchev–Trinajstić information content (AvgIpc) is 2.99. The smallest absolute Gasteiger partial charge is 0.387 e. The Labute approximate surface area is 187 Å². The van der Waals surface area contributed by atoms with Gasteiger partial charge < -0.3 is 14.8 Å². The third-order valence-electron chi connectivity index (χ3n) is 5.75. The number of hydrogen-bond donors (Lipinski definition) is 2. The molecule has 5 amide bonds. The van der Waals surface area contributed by atoms with Crippen molar-refractivity contribution in [1.29, 1.82) is 0 Å². The summed E-state index contributed by atoms with van der Waals surface area (Å²) in [5.41, 5.74) is -1.03. The minimum atomic E-state index is -3.01. The van der Waals surface area contributed by atoms with Crippen molar-refractivity contribution < 1.29 is 42.2 Å². The minimum absolute atomic E-state index is 0.0115. The number of nitrogens with one attached hydrogen (secondary N) is 2. The second-order valence-electron chi connectivity index (χ2n) is 7.88. The quantitative estimate of drug-likeness (QED) is 0.460. The van der Waals surface area contributed by atoms with Crippen LogP contribution in [0.5, 0.6) is 5.75 Å². The molecule has 2 atom stereocenters. The molecule has 1 saturated carbocycles. The van der Waals surface area contributed by atoms with Crippen LogP contribution in [-0.2, 0) is 19.1 Å². The zero-order valence-electron chi connectivity index (χ0n) is 17.8. The molecule has 2 unspecified atom stereocenters. The molecule has 0 radical (unpaired) electrons. The Morgan fingerprint density at radius 2 is 1.91 bits per heavy atom. The summed E-state index contributed by atoms with van der Waals surface area (Å²) in [5, 5.41) is 4.67. The van der Waals surface area contributed by atoms with E-state index in [1.54, 1.807) is 0 Å². The van der Waals surface area contributed by atoms with E-state index in [0.717, 1.165) is 36.3 Å². The molecule has 1 aromatic rings. The van der Waals surface area contributed by atoms with Gasteiger partial charge in [0.25, 0.3) is 17.7 Å². The Bertz CT molecular complexity index is 954. The highest BCUT2D eigenvalue weighted by Crippen LogP contribution is 2.38. The van der Waals surface area contributed by atoms with Gasteiger partial charge in [0.15, 0.2) is 6.61 Å². The van der Waals surface area contributed by atoms with E-state index < -0.39 is 55.0 Å². The van der Waals surface area contributed by atoms with E-state index in [-0.39, 0.29) is 17.2 Å². The van der Waals surface area contributed by atoms with Crippen molar-refractivity contribution in [3.05, 3.63) is 29.8 Å². The van der Waals surface area contributed by atoms with E-state index >= 15 is 0 Å². The first kappa shape index (κ1) is 24.1. The summed E-state index contributed by atoms with van der Waals surface area (Å²) in [7, 11) is 0. The van der Waals surface area contributed by atoms with Gasteiger partial charge in [0.05, 0.1) is 0 Å². The maximum atomic E-state index is 12.8. The molecule has 1 spiro atoms. The fourth-order valence-electron chi connectivity index (χ4n) is 3.98. The standard InChI is InChI=1S/C21H23F2N3O7/c1-12-4-2-3-9-21(12)18(30)26(20(31)25-21)10-16(28)32-11-15(27)24-17(29)13-5-7-14(8-6-13)33-19(22)23/h5-8,12,19H,2-4,9-11H2,1H3,(H,25,31)(H,24,27,29). The lowest BCUT2D eigenvalue weighted by atomic mass is 9.73. The molecule has 1 aliphatic heterocycles. The van der Waals surface area contributed by atoms with E-state index in [1.165, 1.54) is 12.1 Å². The molecule has 2 fully saturated rings. The summed E-state index contributed by atoms with van der Waals surface area (Å²) in [6.45, 7) is -2.62. The predicted molar refractivity (Wildman–Crippen MR) is 107 cm³/mol. The Morgan fingerprint density at radius 3 is 2.55 bits per heavy atom. The number of halogens is 2. The Balaban J connectivity index is 1.47. The van der Waals surface area contributed by atoms with Gasteiger partial charge in [-0.15, -0.1) is 0 Å². The number of urea groups is 1. The van der Waals surface area contributed by atoms with Crippen molar-refractivity contribution in [3.8, 4) is 5.75 Å². The molecule has 1 heterocycles. The van der Waals surface area contributed by atoms with Crippen molar-refractivity contribution in [2.24, 2.45) is 5.92 Å². The number of rotatable bonds is 7. The maximum absolute atomic E-state index is 12.8. The number of hydrogen-bond acceptors (Lipinski definition) is 7.